The van der Waals surface area contributed by atoms with Crippen molar-refractivity contribution in [3.8, 4) is 0 Å². The third-order valence-electron chi connectivity index (χ3n) is 1.77. The SMILES string of the molecule is NNC(=S)Nc1ccccc1.[CH2-]CCCC.[Ru+]. The third-order valence-corrected chi connectivity index (χ3v) is 1.99. The Balaban J connectivity index is 0. The molecule has 0 aliphatic carbocycles. The Bertz CT molecular complexity index is 278. The molecule has 0 atom stereocenters. The molecule has 5 heteroatoms. The molecule has 0 bridgehead atoms. The molecule has 17 heavy (non-hydrogen) atoms. The maximum absolute atomic E-state index is 5.07. The van der Waals surface area contributed by atoms with Crippen LogP contribution in [0.15, 0.2) is 30.3 Å². The largest absolute Gasteiger partial charge is 1.00 e. The summed E-state index contributed by atoms with van der Waals surface area (Å²) in [4.78, 5) is 0. The van der Waals surface area contributed by atoms with Crippen LogP contribution >= 0.6 is 12.2 Å². The van der Waals surface area contributed by atoms with E-state index < -0.39 is 0 Å². The molecular formula is C12H20N3RuS. The Morgan fingerprint density at radius 2 is 1.94 bits per heavy atom. The average Bonchev–Trinajstić information content (AvgIpc) is 2.32. The first-order valence-electron chi connectivity index (χ1n) is 5.36. The molecule has 0 saturated carbocycles. The van der Waals surface area contributed by atoms with Gasteiger partial charge in [-0.05, 0) is 24.4 Å². The molecule has 97 valence electrons. The van der Waals surface area contributed by atoms with E-state index in [-0.39, 0.29) is 19.5 Å². The van der Waals surface area contributed by atoms with Crippen molar-refractivity contribution in [2.75, 3.05) is 5.32 Å². The van der Waals surface area contributed by atoms with Crippen molar-refractivity contribution in [2.45, 2.75) is 26.2 Å². The Morgan fingerprint density at radius 1 is 1.35 bits per heavy atom. The smallest absolute Gasteiger partial charge is 0.343 e. The second-order valence-electron chi connectivity index (χ2n) is 3.17. The number of hydrazine groups is 1. The summed E-state index contributed by atoms with van der Waals surface area (Å²) in [5, 5.41) is 3.30. The summed E-state index contributed by atoms with van der Waals surface area (Å²) in [6.07, 6.45) is 3.65. The maximum Gasteiger partial charge on any atom is 1.00 e. The molecule has 0 spiro atoms. The first-order chi connectivity index (χ1) is 7.74. The minimum Gasteiger partial charge on any atom is -0.343 e. The number of hydrogen-bond donors (Lipinski definition) is 3. The zero-order valence-electron chi connectivity index (χ0n) is 10.1. The summed E-state index contributed by atoms with van der Waals surface area (Å²) in [5.41, 5.74) is 3.26. The molecule has 0 amide bonds. The standard InChI is InChI=1S/C7H9N3S.C5H11.Ru/c8-10-7(11)9-6-4-2-1-3-5-6;1-3-5-4-2;/h1-5H,8H2,(H2,9,10,11);1,3-5H2,2H3;/q;-1;+1. The van der Waals surface area contributed by atoms with Crippen LogP contribution in [-0.4, -0.2) is 5.11 Å². The Hall–Kier alpha value is -0.507. The summed E-state index contributed by atoms with van der Waals surface area (Å²) >= 11 is 4.79. The van der Waals surface area contributed by atoms with E-state index in [0.29, 0.717) is 5.11 Å². The van der Waals surface area contributed by atoms with Crippen LogP contribution in [-0.2, 0) is 19.5 Å². The van der Waals surface area contributed by atoms with Gasteiger partial charge in [0, 0.05) is 5.69 Å². The van der Waals surface area contributed by atoms with E-state index in [0.717, 1.165) is 12.1 Å². The summed E-state index contributed by atoms with van der Waals surface area (Å²) in [6, 6.07) is 9.58. The molecule has 0 fully saturated rings. The predicted octanol–water partition coefficient (Wildman–Crippen LogP) is 2.85. The normalized spacial score (nSPS) is 8.18. The van der Waals surface area contributed by atoms with Gasteiger partial charge in [-0.15, -0.1) is 0 Å². The molecular weight excluding hydrogens is 319 g/mol. The number of benzene rings is 1. The van der Waals surface area contributed by atoms with Crippen LogP contribution in [0.25, 0.3) is 0 Å². The van der Waals surface area contributed by atoms with Crippen LogP contribution in [0.5, 0.6) is 0 Å². The van der Waals surface area contributed by atoms with Gasteiger partial charge in [0.25, 0.3) is 0 Å². The number of para-hydroxylation sites is 1. The molecule has 1 radical (unpaired) electrons. The third kappa shape index (κ3) is 11.8. The molecule has 0 saturated heterocycles. The van der Waals surface area contributed by atoms with E-state index in [9.17, 15) is 0 Å². The predicted molar refractivity (Wildman–Crippen MR) is 74.9 cm³/mol. The minimum absolute atomic E-state index is 0. The van der Waals surface area contributed by atoms with Crippen molar-refractivity contribution in [1.82, 2.24) is 5.43 Å². The summed E-state index contributed by atoms with van der Waals surface area (Å²) in [5.74, 6) is 5.07. The van der Waals surface area contributed by atoms with E-state index >= 15 is 0 Å². The van der Waals surface area contributed by atoms with Crippen molar-refractivity contribution in [3.05, 3.63) is 37.3 Å². The molecule has 0 aliphatic heterocycles. The van der Waals surface area contributed by atoms with Crippen LogP contribution < -0.4 is 16.6 Å². The van der Waals surface area contributed by atoms with Gasteiger partial charge in [0.15, 0.2) is 5.11 Å². The second-order valence-corrected chi connectivity index (χ2v) is 3.58. The van der Waals surface area contributed by atoms with Gasteiger partial charge in [-0.2, -0.15) is 6.42 Å². The number of thiocarbonyl (C=S) groups is 1. The van der Waals surface area contributed by atoms with Crippen molar-refractivity contribution >= 4 is 23.0 Å². The number of rotatable bonds is 3. The van der Waals surface area contributed by atoms with Gasteiger partial charge in [-0.3, -0.25) is 0 Å². The molecule has 0 aliphatic rings. The first kappa shape index (κ1) is 18.8. The number of anilines is 1. The maximum atomic E-state index is 5.07. The monoisotopic (exact) mass is 340 g/mol. The Morgan fingerprint density at radius 3 is 2.29 bits per heavy atom. The summed E-state index contributed by atoms with van der Waals surface area (Å²) in [7, 11) is 0. The van der Waals surface area contributed by atoms with Gasteiger partial charge in [-0.25, -0.2) is 5.84 Å². The van der Waals surface area contributed by atoms with Crippen LogP contribution in [0.2, 0.25) is 0 Å². The van der Waals surface area contributed by atoms with Crippen LogP contribution in [0.3, 0.4) is 0 Å². The van der Waals surface area contributed by atoms with Crippen LogP contribution in [0.1, 0.15) is 26.2 Å². The van der Waals surface area contributed by atoms with Gasteiger partial charge >= 0.3 is 19.5 Å². The molecule has 3 nitrogen and oxygen atoms in total. The topological polar surface area (TPSA) is 50.1 Å². The minimum atomic E-state index is 0. The van der Waals surface area contributed by atoms with Gasteiger partial charge in [0.05, 0.1) is 0 Å². The molecule has 4 N–H and O–H groups in total. The van der Waals surface area contributed by atoms with E-state index in [4.69, 9.17) is 18.1 Å². The number of unbranched alkanes of at least 4 members (excludes halogenated alkanes) is 2. The van der Waals surface area contributed by atoms with Gasteiger partial charge in [-0.1, -0.05) is 38.0 Å². The average molecular weight is 339 g/mol. The fourth-order valence-corrected chi connectivity index (χ4v) is 1.06. The van der Waals surface area contributed by atoms with Crippen LogP contribution in [0.4, 0.5) is 5.69 Å². The Labute approximate surface area is 122 Å². The van der Waals surface area contributed by atoms with Crippen molar-refractivity contribution in [1.29, 1.82) is 0 Å². The van der Waals surface area contributed by atoms with E-state index in [1.165, 1.54) is 12.8 Å². The fourth-order valence-electron chi connectivity index (χ4n) is 0.939. The van der Waals surface area contributed by atoms with E-state index in [1.54, 1.807) is 0 Å². The number of hydrogen-bond acceptors (Lipinski definition) is 2. The fraction of sp³-hybridized carbons (Fsp3) is 0.333. The zero-order chi connectivity index (χ0) is 12.2. The molecule has 0 heterocycles. The van der Waals surface area contributed by atoms with Crippen molar-refractivity contribution in [2.24, 2.45) is 5.84 Å². The number of nitrogens with one attached hydrogen (secondary N) is 2. The number of nitrogens with two attached hydrogens (primary N) is 1. The Kier molecular flexibility index (Phi) is 15.0. The van der Waals surface area contributed by atoms with E-state index in [1.807, 2.05) is 30.3 Å². The zero-order valence-corrected chi connectivity index (χ0v) is 12.6. The molecule has 0 unspecified atom stereocenters. The molecule has 1 rings (SSSR count). The summed E-state index contributed by atoms with van der Waals surface area (Å²) < 4.78 is 0. The molecule has 0 aromatic heterocycles. The van der Waals surface area contributed by atoms with E-state index in [2.05, 4.69) is 24.6 Å². The van der Waals surface area contributed by atoms with Gasteiger partial charge in [0.2, 0.25) is 0 Å². The van der Waals surface area contributed by atoms with Gasteiger partial charge in [0.1, 0.15) is 0 Å². The van der Waals surface area contributed by atoms with Crippen LogP contribution in [0, 0.1) is 6.92 Å². The molecule has 1 aromatic carbocycles. The first-order valence-corrected chi connectivity index (χ1v) is 5.77. The summed E-state index contributed by atoms with van der Waals surface area (Å²) in [6.45, 7) is 5.85. The quantitative estimate of drug-likeness (QED) is 0.261. The van der Waals surface area contributed by atoms with Crippen molar-refractivity contribution in [3.63, 3.8) is 0 Å². The second kappa shape index (κ2) is 13.6. The van der Waals surface area contributed by atoms with Crippen molar-refractivity contribution < 1.29 is 19.5 Å². The van der Waals surface area contributed by atoms with Gasteiger partial charge < -0.3 is 17.7 Å². The molecule has 1 aromatic rings.